The van der Waals surface area contributed by atoms with E-state index in [1.165, 1.54) is 6.08 Å². The maximum absolute atomic E-state index is 13.3. The number of carbonyl (C=O) groups excluding carboxylic acids is 1. The molecule has 1 aromatic rings. The van der Waals surface area contributed by atoms with Gasteiger partial charge in [0.25, 0.3) is 0 Å². The lowest BCUT2D eigenvalue weighted by atomic mass is 10.2. The first-order valence-corrected chi connectivity index (χ1v) is 5.60. The van der Waals surface area contributed by atoms with E-state index in [1.54, 1.807) is 6.07 Å². The van der Waals surface area contributed by atoms with Crippen molar-refractivity contribution in [3.05, 3.63) is 41.7 Å². The molecule has 0 aliphatic heterocycles. The lowest BCUT2D eigenvalue weighted by molar-refractivity contribution is -0.136. The predicted molar refractivity (Wildman–Crippen MR) is 58.1 cm³/mol. The number of esters is 1. The van der Waals surface area contributed by atoms with E-state index in [-0.39, 0.29) is 0 Å². The summed E-state index contributed by atoms with van der Waals surface area (Å²) >= 11 is 0. The van der Waals surface area contributed by atoms with E-state index in [4.69, 9.17) is 5.26 Å². The zero-order valence-electron chi connectivity index (χ0n) is 10.2. The standard InChI is InChI=1S/C13H6F5NO2/c1-2-4-5(3-19)6(4)13(20)21-12-10(17)8(15)7(14)9(16)11(12)18/h2,4-6H,1H2. The maximum atomic E-state index is 13.3. The summed E-state index contributed by atoms with van der Waals surface area (Å²) in [4.78, 5) is 11.6. The van der Waals surface area contributed by atoms with Crippen LogP contribution in [0, 0.1) is 58.2 Å². The summed E-state index contributed by atoms with van der Waals surface area (Å²) in [5.74, 6) is -16.6. The third-order valence-electron chi connectivity index (χ3n) is 3.14. The zero-order valence-corrected chi connectivity index (χ0v) is 10.2. The molecule has 0 aromatic heterocycles. The van der Waals surface area contributed by atoms with Gasteiger partial charge in [0.1, 0.15) is 0 Å². The quantitative estimate of drug-likeness (QED) is 0.215. The molecule has 0 spiro atoms. The first kappa shape index (κ1) is 15.0. The second-order valence-electron chi connectivity index (χ2n) is 4.31. The summed E-state index contributed by atoms with van der Waals surface area (Å²) < 4.78 is 69.6. The maximum Gasteiger partial charge on any atom is 0.316 e. The molecule has 3 atom stereocenters. The van der Waals surface area contributed by atoms with E-state index >= 15 is 0 Å². The van der Waals surface area contributed by atoms with E-state index in [2.05, 4.69) is 11.3 Å². The van der Waals surface area contributed by atoms with E-state index < -0.39 is 58.6 Å². The third kappa shape index (κ3) is 2.24. The highest BCUT2D eigenvalue weighted by Crippen LogP contribution is 2.47. The second-order valence-corrected chi connectivity index (χ2v) is 4.31. The highest BCUT2D eigenvalue weighted by atomic mass is 19.2. The molecule has 8 heteroatoms. The molecule has 0 radical (unpaired) electrons. The van der Waals surface area contributed by atoms with Crippen molar-refractivity contribution in [1.82, 2.24) is 0 Å². The van der Waals surface area contributed by atoms with Crippen LogP contribution >= 0.6 is 0 Å². The van der Waals surface area contributed by atoms with Gasteiger partial charge < -0.3 is 4.74 Å². The summed E-state index contributed by atoms with van der Waals surface area (Å²) in [5, 5.41) is 8.70. The Labute approximate surface area is 115 Å². The van der Waals surface area contributed by atoms with Crippen LogP contribution in [0.5, 0.6) is 5.75 Å². The van der Waals surface area contributed by atoms with E-state index in [0.29, 0.717) is 0 Å². The molecule has 1 aromatic carbocycles. The number of hydrogen-bond acceptors (Lipinski definition) is 3. The fraction of sp³-hybridized carbons (Fsp3) is 0.231. The van der Waals surface area contributed by atoms with Crippen LogP contribution in [-0.2, 0) is 4.79 Å². The molecule has 1 aliphatic rings. The number of halogens is 5. The minimum Gasteiger partial charge on any atom is -0.420 e. The van der Waals surface area contributed by atoms with E-state index in [9.17, 15) is 26.7 Å². The van der Waals surface area contributed by atoms with Gasteiger partial charge in [0, 0.05) is 5.92 Å². The lowest BCUT2D eigenvalue weighted by Gasteiger charge is -2.08. The number of hydrogen-bond donors (Lipinski definition) is 0. The van der Waals surface area contributed by atoms with Gasteiger partial charge in [-0.1, -0.05) is 6.08 Å². The van der Waals surface area contributed by atoms with Crippen LogP contribution in [0.4, 0.5) is 22.0 Å². The molecular weight excluding hydrogens is 297 g/mol. The van der Waals surface area contributed by atoms with Gasteiger partial charge in [0.05, 0.1) is 17.9 Å². The van der Waals surface area contributed by atoms with Crippen LogP contribution in [0.2, 0.25) is 0 Å². The molecule has 1 aliphatic carbocycles. The first-order chi connectivity index (χ1) is 9.84. The Morgan fingerprint density at radius 3 is 1.95 bits per heavy atom. The summed E-state index contributed by atoms with van der Waals surface area (Å²) in [6.45, 7) is 3.36. The monoisotopic (exact) mass is 303 g/mol. The topological polar surface area (TPSA) is 50.1 Å². The fourth-order valence-electron chi connectivity index (χ4n) is 1.94. The van der Waals surface area contributed by atoms with Gasteiger partial charge in [-0.25, -0.2) is 13.2 Å². The van der Waals surface area contributed by atoms with Crippen LogP contribution in [-0.4, -0.2) is 5.97 Å². The Kier molecular flexibility index (Phi) is 3.68. The first-order valence-electron chi connectivity index (χ1n) is 5.60. The molecule has 0 saturated heterocycles. The molecule has 21 heavy (non-hydrogen) atoms. The van der Waals surface area contributed by atoms with Gasteiger partial charge in [-0.05, 0) is 0 Å². The van der Waals surface area contributed by atoms with Gasteiger partial charge in [-0.15, -0.1) is 6.58 Å². The number of ether oxygens (including phenoxy) is 1. The smallest absolute Gasteiger partial charge is 0.316 e. The molecular formula is C13H6F5NO2. The Hall–Kier alpha value is -2.43. The molecule has 110 valence electrons. The van der Waals surface area contributed by atoms with E-state index in [1.807, 2.05) is 0 Å². The summed E-state index contributed by atoms with van der Waals surface area (Å²) in [6, 6.07) is 1.75. The van der Waals surface area contributed by atoms with Crippen LogP contribution in [0.25, 0.3) is 0 Å². The SMILES string of the molecule is C=CC1C(C#N)C1C(=O)Oc1c(F)c(F)c(F)c(F)c1F. The average molecular weight is 303 g/mol. The Balaban J connectivity index is 2.32. The number of benzene rings is 1. The van der Waals surface area contributed by atoms with Gasteiger partial charge in [0.2, 0.25) is 34.8 Å². The van der Waals surface area contributed by atoms with Crippen LogP contribution in [0.1, 0.15) is 0 Å². The van der Waals surface area contributed by atoms with Crippen molar-refractivity contribution in [2.24, 2.45) is 17.8 Å². The van der Waals surface area contributed by atoms with Crippen molar-refractivity contribution in [3.63, 3.8) is 0 Å². The molecule has 2 rings (SSSR count). The third-order valence-corrected chi connectivity index (χ3v) is 3.14. The van der Waals surface area contributed by atoms with Crippen molar-refractivity contribution < 1.29 is 31.5 Å². The molecule has 0 N–H and O–H groups in total. The van der Waals surface area contributed by atoms with Crippen molar-refractivity contribution in [2.75, 3.05) is 0 Å². The average Bonchev–Trinajstić information content (AvgIpc) is 3.20. The summed E-state index contributed by atoms with van der Waals surface area (Å²) in [5.41, 5.74) is 0. The molecule has 0 heterocycles. The highest BCUT2D eigenvalue weighted by Gasteiger charge is 2.55. The van der Waals surface area contributed by atoms with Gasteiger partial charge in [-0.3, -0.25) is 4.79 Å². The Morgan fingerprint density at radius 1 is 1.10 bits per heavy atom. The highest BCUT2D eigenvalue weighted by molar-refractivity contribution is 5.80. The largest absolute Gasteiger partial charge is 0.420 e. The number of nitrogens with zero attached hydrogens (tertiary/aromatic N) is 1. The molecule has 3 nitrogen and oxygen atoms in total. The predicted octanol–water partition coefficient (Wildman–Crippen LogP) is 2.86. The number of nitriles is 1. The summed E-state index contributed by atoms with van der Waals surface area (Å²) in [7, 11) is 0. The molecule has 0 bridgehead atoms. The van der Waals surface area contributed by atoms with E-state index in [0.717, 1.165) is 0 Å². The number of carbonyl (C=O) groups is 1. The van der Waals surface area contributed by atoms with Crippen molar-refractivity contribution in [1.29, 1.82) is 5.26 Å². The zero-order chi connectivity index (χ0) is 15.9. The Bertz CT molecular complexity index is 653. The van der Waals surface area contributed by atoms with Crippen LogP contribution in [0.15, 0.2) is 12.7 Å². The molecule has 1 saturated carbocycles. The number of rotatable bonds is 3. The van der Waals surface area contributed by atoms with Crippen LogP contribution in [0.3, 0.4) is 0 Å². The van der Waals surface area contributed by atoms with Crippen molar-refractivity contribution in [3.8, 4) is 11.8 Å². The minimum atomic E-state index is -2.35. The fourth-order valence-corrected chi connectivity index (χ4v) is 1.94. The minimum absolute atomic E-state index is 0.580. The lowest BCUT2D eigenvalue weighted by Crippen LogP contribution is -2.16. The Morgan fingerprint density at radius 2 is 1.57 bits per heavy atom. The molecule has 1 fully saturated rings. The van der Waals surface area contributed by atoms with Gasteiger partial charge in [0.15, 0.2) is 0 Å². The second kappa shape index (κ2) is 5.16. The summed E-state index contributed by atoms with van der Waals surface area (Å²) in [6.07, 6.45) is 1.28. The van der Waals surface area contributed by atoms with Crippen molar-refractivity contribution in [2.45, 2.75) is 0 Å². The van der Waals surface area contributed by atoms with Gasteiger partial charge in [-0.2, -0.15) is 14.0 Å². The number of allylic oxidation sites excluding steroid dienone is 1. The van der Waals surface area contributed by atoms with Crippen LogP contribution < -0.4 is 4.74 Å². The van der Waals surface area contributed by atoms with Crippen molar-refractivity contribution >= 4 is 5.97 Å². The normalized spacial score (nSPS) is 23.3. The molecule has 3 unspecified atom stereocenters. The molecule has 0 amide bonds. The van der Waals surface area contributed by atoms with Gasteiger partial charge >= 0.3 is 5.97 Å².